The van der Waals surface area contributed by atoms with Gasteiger partial charge in [0.1, 0.15) is 6.61 Å². The third kappa shape index (κ3) is 7.28. The lowest BCUT2D eigenvalue weighted by molar-refractivity contribution is -0.133. The molecule has 0 radical (unpaired) electrons. The smallest absolute Gasteiger partial charge is 0.236 e. The predicted octanol–water partition coefficient (Wildman–Crippen LogP) is 3.71. The minimum atomic E-state index is 0.0415. The van der Waals surface area contributed by atoms with Crippen molar-refractivity contribution < 1.29 is 33.6 Å². The maximum Gasteiger partial charge on any atom is 0.236 e. The van der Waals surface area contributed by atoms with Gasteiger partial charge < -0.3 is 33.7 Å². The van der Waals surface area contributed by atoms with E-state index in [-0.39, 0.29) is 37.2 Å². The summed E-state index contributed by atoms with van der Waals surface area (Å²) in [7, 11) is 3.26. The molecule has 1 aromatic carbocycles. The van der Waals surface area contributed by atoms with Crippen LogP contribution in [0, 0.1) is 11.8 Å². The molecule has 2 fully saturated rings. The molecule has 0 spiro atoms. The summed E-state index contributed by atoms with van der Waals surface area (Å²) in [6, 6.07) is 7.66. The van der Waals surface area contributed by atoms with E-state index in [0.29, 0.717) is 61.4 Å². The van der Waals surface area contributed by atoms with E-state index in [2.05, 4.69) is 24.0 Å². The number of aliphatic hydroxyl groups is 1. The number of para-hydroxylation sites is 2. The summed E-state index contributed by atoms with van der Waals surface area (Å²) in [6.45, 7) is 5.14. The van der Waals surface area contributed by atoms with E-state index in [9.17, 15) is 9.90 Å². The summed E-state index contributed by atoms with van der Waals surface area (Å²) in [5.74, 6) is 3.78. The number of allylic oxidation sites excluding steroid dienone is 3. The van der Waals surface area contributed by atoms with Crippen LogP contribution in [-0.2, 0) is 19.0 Å². The molecule has 3 atom stereocenters. The molecule has 9 nitrogen and oxygen atoms in total. The van der Waals surface area contributed by atoms with Gasteiger partial charge in [-0.25, -0.2) is 0 Å². The van der Waals surface area contributed by atoms with Crippen LogP contribution in [0.1, 0.15) is 32.6 Å². The molecule has 2 aliphatic heterocycles. The van der Waals surface area contributed by atoms with Crippen molar-refractivity contribution in [3.63, 3.8) is 0 Å². The summed E-state index contributed by atoms with van der Waals surface area (Å²) < 4.78 is 28.6. The van der Waals surface area contributed by atoms with Crippen molar-refractivity contribution in [1.82, 2.24) is 9.80 Å². The highest BCUT2D eigenvalue weighted by molar-refractivity contribution is 5.78. The lowest BCUT2D eigenvalue weighted by atomic mass is 9.89. The van der Waals surface area contributed by atoms with Gasteiger partial charge in [-0.15, -0.1) is 0 Å². The number of methoxy groups -OCH3 is 2. The van der Waals surface area contributed by atoms with Crippen molar-refractivity contribution >= 4 is 5.91 Å². The molecule has 1 amide bonds. The normalized spacial score (nSPS) is 22.5. The van der Waals surface area contributed by atoms with E-state index in [1.807, 2.05) is 35.2 Å². The number of likely N-dealkylation sites (tertiary alicyclic amines) is 1. The predicted molar refractivity (Wildman–Crippen MR) is 147 cm³/mol. The van der Waals surface area contributed by atoms with Crippen LogP contribution in [0.5, 0.6) is 11.5 Å². The Balaban J connectivity index is 1.51. The number of nitrogens with zero attached hydrogens (tertiary/aromatic N) is 2. The van der Waals surface area contributed by atoms with Crippen LogP contribution in [0.15, 0.2) is 59.8 Å². The van der Waals surface area contributed by atoms with E-state index >= 15 is 0 Å². The molecule has 0 aromatic heterocycles. The highest BCUT2D eigenvalue weighted by atomic mass is 16.7. The van der Waals surface area contributed by atoms with Gasteiger partial charge in [0.25, 0.3) is 0 Å². The van der Waals surface area contributed by atoms with Gasteiger partial charge in [-0.1, -0.05) is 31.6 Å². The van der Waals surface area contributed by atoms with Crippen molar-refractivity contribution in [2.45, 2.75) is 38.6 Å². The van der Waals surface area contributed by atoms with Crippen LogP contribution < -0.4 is 9.47 Å². The van der Waals surface area contributed by atoms with Crippen LogP contribution in [0.4, 0.5) is 0 Å². The molecule has 2 heterocycles. The molecule has 1 N–H and O–H groups in total. The number of hydrogen-bond donors (Lipinski definition) is 1. The number of aliphatic hydroxyl groups excluding tert-OH is 1. The zero-order valence-electron chi connectivity index (χ0n) is 23.3. The van der Waals surface area contributed by atoms with Crippen LogP contribution in [0.2, 0.25) is 0 Å². The molecule has 1 aromatic rings. The van der Waals surface area contributed by atoms with Crippen LogP contribution in [0.3, 0.4) is 0 Å². The first-order chi connectivity index (χ1) is 19.1. The van der Waals surface area contributed by atoms with Gasteiger partial charge in [-0.2, -0.15) is 0 Å². The SMILES string of the molecule is CCCCN(CCCO)C(=O)CN1C[C@H](C2C=CC(OC)=C3OCOC3=C2)C[C@@H]1COc1ccccc1OC. The summed E-state index contributed by atoms with van der Waals surface area (Å²) in [5.41, 5.74) is 0. The fourth-order valence-electron chi connectivity index (χ4n) is 5.40. The number of carbonyl (C=O) groups is 1. The zero-order chi connectivity index (χ0) is 27.6. The molecule has 0 saturated carbocycles. The molecule has 0 bridgehead atoms. The summed E-state index contributed by atoms with van der Waals surface area (Å²) in [4.78, 5) is 17.6. The fraction of sp³-hybridized carbons (Fsp3) is 0.567. The second-order valence-electron chi connectivity index (χ2n) is 10.1. The first-order valence-electron chi connectivity index (χ1n) is 13.9. The van der Waals surface area contributed by atoms with Gasteiger partial charge in [0.2, 0.25) is 18.5 Å². The lowest BCUT2D eigenvalue weighted by Crippen LogP contribution is -2.44. The Hall–Kier alpha value is -3.17. The number of ether oxygens (including phenoxy) is 5. The van der Waals surface area contributed by atoms with E-state index < -0.39 is 0 Å². The maximum atomic E-state index is 13.5. The minimum absolute atomic E-state index is 0.0415. The number of unbranched alkanes of at least 4 members (excludes halogenated alkanes) is 1. The Morgan fingerprint density at radius 1 is 1.13 bits per heavy atom. The molecular weight excluding hydrogens is 500 g/mol. The number of fused-ring (bicyclic) bond motifs is 1. The van der Waals surface area contributed by atoms with Gasteiger partial charge in [-0.05, 0) is 49.5 Å². The molecule has 9 heteroatoms. The largest absolute Gasteiger partial charge is 0.493 e. The monoisotopic (exact) mass is 542 g/mol. The summed E-state index contributed by atoms with van der Waals surface area (Å²) in [6.07, 6.45) is 9.58. The Morgan fingerprint density at radius 3 is 2.67 bits per heavy atom. The summed E-state index contributed by atoms with van der Waals surface area (Å²) >= 11 is 0. The van der Waals surface area contributed by atoms with Crippen molar-refractivity contribution in [2.24, 2.45) is 11.8 Å². The first kappa shape index (κ1) is 28.8. The topological polar surface area (TPSA) is 89.9 Å². The third-order valence-corrected chi connectivity index (χ3v) is 7.56. The molecule has 3 aliphatic rings. The Kier molecular flexibility index (Phi) is 10.6. The van der Waals surface area contributed by atoms with Crippen molar-refractivity contribution in [3.8, 4) is 11.5 Å². The molecule has 1 unspecified atom stereocenters. The molecular formula is C30H42N2O7. The average Bonchev–Trinajstić information content (AvgIpc) is 3.54. The summed E-state index contributed by atoms with van der Waals surface area (Å²) in [5, 5.41) is 9.35. The number of benzene rings is 1. The number of rotatable bonds is 14. The van der Waals surface area contributed by atoms with Crippen molar-refractivity contribution in [1.29, 1.82) is 0 Å². The zero-order valence-corrected chi connectivity index (χ0v) is 23.3. The molecule has 1 aliphatic carbocycles. The van der Waals surface area contributed by atoms with Gasteiger partial charge in [-0.3, -0.25) is 9.69 Å². The third-order valence-electron chi connectivity index (χ3n) is 7.56. The molecule has 214 valence electrons. The fourth-order valence-corrected chi connectivity index (χ4v) is 5.40. The molecule has 2 saturated heterocycles. The molecule has 4 rings (SSSR count). The minimum Gasteiger partial charge on any atom is -0.493 e. The quantitative estimate of drug-likeness (QED) is 0.381. The first-order valence-corrected chi connectivity index (χ1v) is 13.9. The number of amides is 1. The second kappa shape index (κ2) is 14.3. The van der Waals surface area contributed by atoms with E-state index in [4.69, 9.17) is 23.7 Å². The van der Waals surface area contributed by atoms with E-state index in [0.717, 1.165) is 25.8 Å². The Morgan fingerprint density at radius 2 is 1.92 bits per heavy atom. The van der Waals surface area contributed by atoms with E-state index in [1.54, 1.807) is 14.2 Å². The van der Waals surface area contributed by atoms with Gasteiger partial charge in [0.05, 0.1) is 20.8 Å². The Labute approximate surface area is 231 Å². The Bertz CT molecular complexity index is 1050. The number of carbonyl (C=O) groups excluding carboxylic acids is 1. The average molecular weight is 543 g/mol. The van der Waals surface area contributed by atoms with Crippen molar-refractivity contribution in [3.05, 3.63) is 59.8 Å². The van der Waals surface area contributed by atoms with Gasteiger partial charge in [0.15, 0.2) is 23.0 Å². The van der Waals surface area contributed by atoms with Gasteiger partial charge >= 0.3 is 0 Å². The van der Waals surface area contributed by atoms with E-state index in [1.165, 1.54) is 0 Å². The van der Waals surface area contributed by atoms with Crippen LogP contribution >= 0.6 is 0 Å². The number of hydrogen-bond acceptors (Lipinski definition) is 8. The second-order valence-corrected chi connectivity index (χ2v) is 10.1. The van der Waals surface area contributed by atoms with Crippen LogP contribution in [-0.4, -0.2) is 87.3 Å². The van der Waals surface area contributed by atoms with Crippen LogP contribution in [0.25, 0.3) is 0 Å². The standard InChI is InChI=1S/C30H42N2O7/c1-4-5-13-31(14-8-15-33)29(34)19-32-18-23(16-24(32)20-37-26-10-7-6-9-25(26)35-2)22-11-12-27(36-3)30-28(17-22)38-21-39-30/h6-7,9-12,17,22-24,33H,4-5,8,13-16,18-21H2,1-3H3/t22?,23-,24-/m1/s1. The van der Waals surface area contributed by atoms with Gasteiger partial charge in [0, 0.05) is 38.2 Å². The highest BCUT2D eigenvalue weighted by Gasteiger charge is 2.38. The molecule has 39 heavy (non-hydrogen) atoms. The highest BCUT2D eigenvalue weighted by Crippen LogP contribution is 2.37. The maximum absolute atomic E-state index is 13.5. The lowest BCUT2D eigenvalue weighted by Gasteiger charge is -2.28. The van der Waals surface area contributed by atoms with Crippen molar-refractivity contribution in [2.75, 3.05) is 60.4 Å².